The van der Waals surface area contributed by atoms with Gasteiger partial charge in [-0.05, 0) is 55.3 Å². The molecule has 2 heterocycles. The second kappa shape index (κ2) is 9.44. The fourth-order valence-corrected chi connectivity index (χ4v) is 7.11. The Bertz CT molecular complexity index is 1550. The molecule has 186 valence electrons. The van der Waals surface area contributed by atoms with Crippen molar-refractivity contribution in [3.8, 4) is 0 Å². The van der Waals surface area contributed by atoms with Crippen LogP contribution in [0.4, 0.5) is 10.1 Å². The first-order chi connectivity index (χ1) is 17.2. The van der Waals surface area contributed by atoms with Crippen molar-refractivity contribution in [2.75, 3.05) is 17.8 Å². The standard InChI is InChI=1S/C25H21ClFN3O4S2/c26-19-4-2-1-3-18(19)25(32)11-13-30(14-12-25)24(31)16-5-7-17(8-6-16)29-36(33,34)23-20(27)9-10-21-22(23)35-15-28-21/h1-10,15,29,32H,11-14H2. The molecule has 0 spiro atoms. The molecule has 1 saturated heterocycles. The number of sulfonamides is 1. The number of rotatable bonds is 5. The number of benzene rings is 3. The summed E-state index contributed by atoms with van der Waals surface area (Å²) in [7, 11) is -4.23. The molecule has 0 aliphatic carbocycles. The molecule has 1 fully saturated rings. The highest BCUT2D eigenvalue weighted by Gasteiger charge is 2.37. The minimum atomic E-state index is -4.23. The number of halogens is 2. The molecule has 0 saturated carbocycles. The maximum atomic E-state index is 14.4. The van der Waals surface area contributed by atoms with Gasteiger partial charge in [0.2, 0.25) is 0 Å². The van der Waals surface area contributed by atoms with E-state index in [-0.39, 0.29) is 16.3 Å². The number of aliphatic hydroxyl groups is 1. The van der Waals surface area contributed by atoms with Gasteiger partial charge in [-0.25, -0.2) is 17.8 Å². The summed E-state index contributed by atoms with van der Waals surface area (Å²) in [6, 6.07) is 15.6. The number of nitrogens with zero attached hydrogens (tertiary/aromatic N) is 2. The summed E-state index contributed by atoms with van der Waals surface area (Å²) in [5.41, 5.74) is 1.97. The summed E-state index contributed by atoms with van der Waals surface area (Å²) in [6.07, 6.45) is 0.685. The largest absolute Gasteiger partial charge is 0.385 e. The predicted octanol–water partition coefficient (Wildman–Crippen LogP) is 5.01. The van der Waals surface area contributed by atoms with Crippen molar-refractivity contribution in [1.82, 2.24) is 9.88 Å². The topological polar surface area (TPSA) is 99.6 Å². The molecule has 0 unspecified atom stereocenters. The second-order valence-electron chi connectivity index (χ2n) is 8.56. The van der Waals surface area contributed by atoms with Crippen LogP contribution in [0.15, 0.2) is 71.1 Å². The highest BCUT2D eigenvalue weighted by molar-refractivity contribution is 7.93. The van der Waals surface area contributed by atoms with Crippen LogP contribution in [0.25, 0.3) is 10.2 Å². The van der Waals surface area contributed by atoms with Gasteiger partial charge in [-0.15, -0.1) is 11.3 Å². The van der Waals surface area contributed by atoms with Crippen LogP contribution in [0, 0.1) is 5.82 Å². The molecule has 36 heavy (non-hydrogen) atoms. The van der Waals surface area contributed by atoms with E-state index in [2.05, 4.69) is 9.71 Å². The second-order valence-corrected chi connectivity index (χ2v) is 11.4. The van der Waals surface area contributed by atoms with Crippen molar-refractivity contribution < 1.29 is 22.7 Å². The summed E-state index contributed by atoms with van der Waals surface area (Å²) in [6.45, 7) is 0.681. The maximum Gasteiger partial charge on any atom is 0.266 e. The summed E-state index contributed by atoms with van der Waals surface area (Å²) < 4.78 is 42.9. The van der Waals surface area contributed by atoms with Crippen molar-refractivity contribution >= 4 is 54.8 Å². The number of hydrogen-bond acceptors (Lipinski definition) is 6. The number of likely N-dealkylation sites (tertiary alicyclic amines) is 1. The highest BCUT2D eigenvalue weighted by atomic mass is 35.5. The third-order valence-electron chi connectivity index (χ3n) is 6.31. The van der Waals surface area contributed by atoms with Gasteiger partial charge in [0.1, 0.15) is 10.7 Å². The van der Waals surface area contributed by atoms with Gasteiger partial charge in [0.25, 0.3) is 15.9 Å². The quantitative estimate of drug-likeness (QED) is 0.367. The Morgan fingerprint density at radius 2 is 1.78 bits per heavy atom. The zero-order valence-electron chi connectivity index (χ0n) is 18.8. The molecule has 3 aromatic carbocycles. The minimum Gasteiger partial charge on any atom is -0.385 e. The fraction of sp³-hybridized carbons (Fsp3) is 0.200. The molecule has 0 bridgehead atoms. The summed E-state index contributed by atoms with van der Waals surface area (Å²) in [5.74, 6) is -1.10. The average molecular weight is 546 g/mol. The Labute approximate surface area is 216 Å². The number of carbonyl (C=O) groups excluding carboxylic acids is 1. The number of carbonyl (C=O) groups is 1. The molecule has 1 aliphatic heterocycles. The first kappa shape index (κ1) is 24.6. The van der Waals surface area contributed by atoms with Crippen LogP contribution >= 0.6 is 22.9 Å². The lowest BCUT2D eigenvalue weighted by molar-refractivity contribution is -0.0210. The number of fused-ring (bicyclic) bond motifs is 1. The van der Waals surface area contributed by atoms with Gasteiger partial charge < -0.3 is 10.0 Å². The monoisotopic (exact) mass is 545 g/mol. The van der Waals surface area contributed by atoms with E-state index < -0.39 is 26.3 Å². The van der Waals surface area contributed by atoms with Crippen LogP contribution in [0.2, 0.25) is 5.02 Å². The van der Waals surface area contributed by atoms with E-state index in [0.29, 0.717) is 47.6 Å². The van der Waals surface area contributed by atoms with Gasteiger partial charge in [-0.2, -0.15) is 0 Å². The summed E-state index contributed by atoms with van der Waals surface area (Å²) >= 11 is 7.30. The Kier molecular flexibility index (Phi) is 6.46. The Hall–Kier alpha value is -3.05. The van der Waals surface area contributed by atoms with E-state index in [0.717, 1.165) is 17.4 Å². The van der Waals surface area contributed by atoms with Crippen LogP contribution in [0.1, 0.15) is 28.8 Å². The van der Waals surface area contributed by atoms with Crippen molar-refractivity contribution in [2.45, 2.75) is 23.3 Å². The van der Waals surface area contributed by atoms with E-state index in [1.807, 2.05) is 6.07 Å². The molecule has 0 atom stereocenters. The normalized spacial score (nSPS) is 15.7. The fourth-order valence-electron chi connectivity index (χ4n) is 4.39. The Balaban J connectivity index is 1.28. The van der Waals surface area contributed by atoms with E-state index in [1.54, 1.807) is 23.1 Å². The zero-order chi connectivity index (χ0) is 25.5. The molecule has 1 aliphatic rings. The van der Waals surface area contributed by atoms with E-state index in [4.69, 9.17) is 11.6 Å². The van der Waals surface area contributed by atoms with Crippen molar-refractivity contribution in [3.63, 3.8) is 0 Å². The van der Waals surface area contributed by atoms with Crippen LogP contribution < -0.4 is 4.72 Å². The minimum absolute atomic E-state index is 0.194. The Morgan fingerprint density at radius 3 is 2.47 bits per heavy atom. The Morgan fingerprint density at radius 1 is 1.08 bits per heavy atom. The third-order valence-corrected chi connectivity index (χ3v) is 9.07. The number of aromatic nitrogens is 1. The summed E-state index contributed by atoms with van der Waals surface area (Å²) in [5, 5.41) is 11.6. The SMILES string of the molecule is O=C(c1ccc(NS(=O)(=O)c2c(F)ccc3ncsc23)cc1)N1CCC(O)(c2ccccc2Cl)CC1. The van der Waals surface area contributed by atoms with Gasteiger partial charge >= 0.3 is 0 Å². The molecule has 1 aromatic heterocycles. The van der Waals surface area contributed by atoms with Crippen LogP contribution in [0.3, 0.4) is 0 Å². The van der Waals surface area contributed by atoms with Crippen LogP contribution in [-0.4, -0.2) is 42.4 Å². The van der Waals surface area contributed by atoms with Gasteiger partial charge in [0.05, 0.1) is 21.3 Å². The zero-order valence-corrected chi connectivity index (χ0v) is 21.2. The number of amides is 1. The smallest absolute Gasteiger partial charge is 0.266 e. The number of thiazole rings is 1. The van der Waals surface area contributed by atoms with Gasteiger partial charge in [-0.3, -0.25) is 9.52 Å². The molecule has 11 heteroatoms. The van der Waals surface area contributed by atoms with Crippen LogP contribution in [-0.2, 0) is 15.6 Å². The molecular weight excluding hydrogens is 525 g/mol. The molecular formula is C25H21ClFN3O4S2. The lowest BCUT2D eigenvalue weighted by atomic mass is 9.84. The maximum absolute atomic E-state index is 14.4. The number of hydrogen-bond donors (Lipinski definition) is 2. The predicted molar refractivity (Wildman–Crippen MR) is 137 cm³/mol. The molecule has 0 radical (unpaired) electrons. The van der Waals surface area contributed by atoms with E-state index in [1.165, 1.54) is 35.8 Å². The van der Waals surface area contributed by atoms with Gasteiger partial charge in [0, 0.05) is 34.9 Å². The summed E-state index contributed by atoms with van der Waals surface area (Å²) in [4.78, 5) is 18.2. The van der Waals surface area contributed by atoms with E-state index in [9.17, 15) is 22.7 Å². The lowest BCUT2D eigenvalue weighted by Crippen LogP contribution is -2.45. The van der Waals surface area contributed by atoms with E-state index >= 15 is 0 Å². The number of anilines is 1. The van der Waals surface area contributed by atoms with Crippen molar-refractivity contribution in [3.05, 3.63) is 88.1 Å². The first-order valence-corrected chi connectivity index (χ1v) is 13.8. The average Bonchev–Trinajstić information content (AvgIpc) is 3.33. The number of piperidine rings is 1. The molecule has 7 nitrogen and oxygen atoms in total. The lowest BCUT2D eigenvalue weighted by Gasteiger charge is -2.39. The molecule has 2 N–H and O–H groups in total. The number of nitrogens with one attached hydrogen (secondary N) is 1. The highest BCUT2D eigenvalue weighted by Crippen LogP contribution is 2.37. The molecule has 4 aromatic rings. The third kappa shape index (κ3) is 4.57. The molecule has 1 amide bonds. The van der Waals surface area contributed by atoms with Gasteiger partial charge in [-0.1, -0.05) is 29.8 Å². The van der Waals surface area contributed by atoms with Crippen LogP contribution in [0.5, 0.6) is 0 Å². The molecule has 5 rings (SSSR count). The first-order valence-electron chi connectivity index (χ1n) is 11.1. The van der Waals surface area contributed by atoms with Crippen molar-refractivity contribution in [1.29, 1.82) is 0 Å². The van der Waals surface area contributed by atoms with Crippen molar-refractivity contribution in [2.24, 2.45) is 0 Å². The van der Waals surface area contributed by atoms with Gasteiger partial charge in [0.15, 0.2) is 0 Å².